The average Bonchev–Trinajstić information content (AvgIpc) is 2.64. The van der Waals surface area contributed by atoms with Gasteiger partial charge in [0.25, 0.3) is 0 Å². The molecule has 1 aromatic heterocycles. The lowest BCUT2D eigenvalue weighted by molar-refractivity contribution is -0.137. The van der Waals surface area contributed by atoms with Crippen LogP contribution < -0.4 is 10.9 Å². The number of anilines is 1. The number of carbonyl (C=O) groups excluding carboxylic acids is 1. The standard InChI is InChI=1S/C21H27NO5/c1-13-8-9-14-5-2-3-6-15(14)20(13)18-11-17(16(12-23)21(26)27-18)22-10-4-7-19(24)25/h8-9,11-15,20,22H,2-7,10H2,1H3,(H,24,25). The number of allylic oxidation sites excluding steroid dienone is 2. The summed E-state index contributed by atoms with van der Waals surface area (Å²) in [4.78, 5) is 34.4. The molecule has 4 unspecified atom stereocenters. The molecule has 2 N–H and O–H groups in total. The first-order valence-corrected chi connectivity index (χ1v) is 9.78. The molecule has 1 fully saturated rings. The molecule has 2 aliphatic carbocycles. The first-order chi connectivity index (χ1) is 13.0. The van der Waals surface area contributed by atoms with Gasteiger partial charge in [0.2, 0.25) is 0 Å². The SMILES string of the molecule is CC1C=CC2CCCCC2C1c1cc(NCCCC(=O)O)c(C=O)c(=O)o1. The highest BCUT2D eigenvalue weighted by molar-refractivity contribution is 5.83. The summed E-state index contributed by atoms with van der Waals surface area (Å²) in [5.41, 5.74) is -0.221. The molecule has 0 aromatic carbocycles. The molecule has 6 heteroatoms. The van der Waals surface area contributed by atoms with Crippen molar-refractivity contribution in [1.82, 2.24) is 0 Å². The van der Waals surface area contributed by atoms with Crippen molar-refractivity contribution in [2.45, 2.75) is 51.4 Å². The molecule has 0 amide bonds. The molecule has 6 nitrogen and oxygen atoms in total. The summed E-state index contributed by atoms with van der Waals surface area (Å²) in [5, 5.41) is 11.8. The Morgan fingerprint density at radius 3 is 2.85 bits per heavy atom. The molecule has 4 atom stereocenters. The Hall–Kier alpha value is -2.37. The third kappa shape index (κ3) is 4.31. The van der Waals surface area contributed by atoms with Crippen LogP contribution in [0.25, 0.3) is 0 Å². The van der Waals surface area contributed by atoms with Crippen molar-refractivity contribution in [2.75, 3.05) is 11.9 Å². The summed E-state index contributed by atoms with van der Waals surface area (Å²) in [6.45, 7) is 2.52. The van der Waals surface area contributed by atoms with E-state index in [2.05, 4.69) is 24.4 Å². The van der Waals surface area contributed by atoms with Crippen LogP contribution >= 0.6 is 0 Å². The van der Waals surface area contributed by atoms with E-state index >= 15 is 0 Å². The lowest BCUT2D eigenvalue weighted by atomic mass is 9.64. The van der Waals surface area contributed by atoms with Crippen LogP contribution in [-0.2, 0) is 4.79 Å². The van der Waals surface area contributed by atoms with Gasteiger partial charge in [-0.25, -0.2) is 4.79 Å². The van der Waals surface area contributed by atoms with E-state index in [0.29, 0.717) is 42.5 Å². The monoisotopic (exact) mass is 373 g/mol. The largest absolute Gasteiger partial charge is 0.481 e. The van der Waals surface area contributed by atoms with Crippen molar-refractivity contribution in [1.29, 1.82) is 0 Å². The van der Waals surface area contributed by atoms with Gasteiger partial charge in [-0.3, -0.25) is 9.59 Å². The molecule has 0 aliphatic heterocycles. The van der Waals surface area contributed by atoms with Gasteiger partial charge in [0.05, 0.1) is 5.69 Å². The third-order valence-corrected chi connectivity index (χ3v) is 5.90. The van der Waals surface area contributed by atoms with E-state index < -0.39 is 11.6 Å². The molecule has 1 heterocycles. The summed E-state index contributed by atoms with van der Waals surface area (Å²) in [7, 11) is 0. The molecule has 2 aliphatic rings. The third-order valence-electron chi connectivity index (χ3n) is 5.90. The maximum atomic E-state index is 12.4. The van der Waals surface area contributed by atoms with E-state index in [9.17, 15) is 14.4 Å². The van der Waals surface area contributed by atoms with Crippen LogP contribution in [-0.4, -0.2) is 23.9 Å². The average molecular weight is 373 g/mol. The minimum Gasteiger partial charge on any atom is -0.481 e. The molecule has 0 bridgehead atoms. The molecular formula is C21H27NO5. The highest BCUT2D eigenvalue weighted by atomic mass is 16.4. The molecule has 3 rings (SSSR count). The van der Waals surface area contributed by atoms with Crippen molar-refractivity contribution in [3.8, 4) is 0 Å². The summed E-state index contributed by atoms with van der Waals surface area (Å²) in [5.74, 6) is 1.10. The predicted octanol–water partition coefficient (Wildman–Crippen LogP) is 3.82. The summed E-state index contributed by atoms with van der Waals surface area (Å²) in [6.07, 6.45) is 10.2. The smallest absolute Gasteiger partial charge is 0.348 e. The maximum Gasteiger partial charge on any atom is 0.348 e. The second kappa shape index (κ2) is 8.55. The van der Waals surface area contributed by atoms with Crippen molar-refractivity contribution in [2.24, 2.45) is 17.8 Å². The summed E-state index contributed by atoms with van der Waals surface area (Å²) >= 11 is 0. The second-order valence-electron chi connectivity index (χ2n) is 7.69. The number of fused-ring (bicyclic) bond motifs is 1. The summed E-state index contributed by atoms with van der Waals surface area (Å²) in [6, 6.07) is 1.78. The Labute approximate surface area is 158 Å². The van der Waals surface area contributed by atoms with E-state index in [0.717, 1.165) is 6.42 Å². The van der Waals surface area contributed by atoms with E-state index in [-0.39, 0.29) is 23.8 Å². The van der Waals surface area contributed by atoms with Gasteiger partial charge in [0.15, 0.2) is 6.29 Å². The van der Waals surface area contributed by atoms with Gasteiger partial charge in [0.1, 0.15) is 11.3 Å². The quantitative estimate of drug-likeness (QED) is 0.428. The molecule has 0 spiro atoms. The Kier molecular flexibility index (Phi) is 6.14. The van der Waals surface area contributed by atoms with Crippen LogP contribution in [0.4, 0.5) is 5.69 Å². The minimum absolute atomic E-state index is 0.0337. The molecule has 27 heavy (non-hydrogen) atoms. The number of carbonyl (C=O) groups is 2. The number of nitrogens with one attached hydrogen (secondary N) is 1. The van der Waals surface area contributed by atoms with Gasteiger partial charge in [-0.15, -0.1) is 0 Å². The van der Waals surface area contributed by atoms with Crippen molar-refractivity contribution >= 4 is 17.9 Å². The first-order valence-electron chi connectivity index (χ1n) is 9.78. The van der Waals surface area contributed by atoms with Crippen LogP contribution in [0.1, 0.15) is 67.5 Å². The number of carboxylic acid groups (broad SMARTS) is 1. The molecule has 1 aromatic rings. The van der Waals surface area contributed by atoms with E-state index in [1.807, 2.05) is 0 Å². The number of hydrogen-bond donors (Lipinski definition) is 2. The first kappa shape index (κ1) is 19.4. The maximum absolute atomic E-state index is 12.4. The lowest BCUT2D eigenvalue weighted by Crippen LogP contribution is -2.32. The highest BCUT2D eigenvalue weighted by Crippen LogP contribution is 2.47. The fourth-order valence-corrected chi connectivity index (χ4v) is 4.58. The van der Waals surface area contributed by atoms with Crippen LogP contribution in [0.2, 0.25) is 0 Å². The molecule has 0 saturated heterocycles. The number of hydrogen-bond acceptors (Lipinski definition) is 5. The zero-order chi connectivity index (χ0) is 19.4. The van der Waals surface area contributed by atoms with Gasteiger partial charge in [-0.1, -0.05) is 31.9 Å². The van der Waals surface area contributed by atoms with Gasteiger partial charge in [0, 0.05) is 24.9 Å². The molecule has 0 radical (unpaired) electrons. The number of aldehydes is 1. The Morgan fingerprint density at radius 1 is 1.33 bits per heavy atom. The number of rotatable bonds is 7. The van der Waals surface area contributed by atoms with E-state index in [1.165, 1.54) is 19.3 Å². The van der Waals surface area contributed by atoms with E-state index in [1.54, 1.807) is 6.07 Å². The van der Waals surface area contributed by atoms with Crippen LogP contribution in [0.15, 0.2) is 27.4 Å². The molecule has 146 valence electrons. The van der Waals surface area contributed by atoms with Gasteiger partial charge < -0.3 is 14.8 Å². The normalized spacial score (nSPS) is 27.0. The minimum atomic E-state index is -0.869. The second-order valence-corrected chi connectivity index (χ2v) is 7.69. The van der Waals surface area contributed by atoms with Crippen molar-refractivity contribution in [3.63, 3.8) is 0 Å². The molecule has 1 saturated carbocycles. The van der Waals surface area contributed by atoms with E-state index in [4.69, 9.17) is 9.52 Å². The van der Waals surface area contributed by atoms with Crippen molar-refractivity contribution < 1.29 is 19.1 Å². The Morgan fingerprint density at radius 2 is 2.11 bits per heavy atom. The number of carboxylic acids is 1. The topological polar surface area (TPSA) is 96.6 Å². The summed E-state index contributed by atoms with van der Waals surface area (Å²) < 4.78 is 5.59. The Bertz CT molecular complexity index is 781. The zero-order valence-electron chi connectivity index (χ0n) is 15.6. The predicted molar refractivity (Wildman–Crippen MR) is 102 cm³/mol. The van der Waals surface area contributed by atoms with Crippen molar-refractivity contribution in [3.05, 3.63) is 40.0 Å². The van der Waals surface area contributed by atoms with Crippen LogP contribution in [0, 0.1) is 17.8 Å². The molecular weight excluding hydrogens is 346 g/mol. The zero-order valence-corrected chi connectivity index (χ0v) is 15.6. The Balaban J connectivity index is 1.88. The fourth-order valence-electron chi connectivity index (χ4n) is 4.58. The van der Waals surface area contributed by atoms with Gasteiger partial charge >= 0.3 is 11.6 Å². The van der Waals surface area contributed by atoms with Gasteiger partial charge in [-0.2, -0.15) is 0 Å². The lowest BCUT2D eigenvalue weighted by Gasteiger charge is -2.40. The van der Waals surface area contributed by atoms with Gasteiger partial charge in [-0.05, 0) is 37.0 Å². The van der Waals surface area contributed by atoms with Crippen LogP contribution in [0.3, 0.4) is 0 Å². The van der Waals surface area contributed by atoms with Crippen LogP contribution in [0.5, 0.6) is 0 Å². The highest BCUT2D eigenvalue weighted by Gasteiger charge is 2.38. The fraction of sp³-hybridized carbons (Fsp3) is 0.571. The number of aliphatic carboxylic acids is 1.